The minimum absolute atomic E-state index is 0.173. The SMILES string of the molecule is Cc1ccc(C(=O)/C(=C\N(C)C)Oc2cncc(Br)c2)cc1. The molecule has 1 aromatic carbocycles. The number of aromatic nitrogens is 1. The summed E-state index contributed by atoms with van der Waals surface area (Å²) >= 11 is 3.34. The molecule has 22 heavy (non-hydrogen) atoms. The topological polar surface area (TPSA) is 42.4 Å². The van der Waals surface area contributed by atoms with E-state index in [1.54, 1.807) is 41.7 Å². The maximum atomic E-state index is 12.6. The van der Waals surface area contributed by atoms with Gasteiger partial charge in [-0.2, -0.15) is 0 Å². The van der Waals surface area contributed by atoms with Crippen LogP contribution in [-0.2, 0) is 0 Å². The molecule has 114 valence electrons. The zero-order chi connectivity index (χ0) is 16.1. The molecule has 0 unspecified atom stereocenters. The van der Waals surface area contributed by atoms with E-state index in [1.807, 2.05) is 33.2 Å². The van der Waals surface area contributed by atoms with Crippen LogP contribution in [0.25, 0.3) is 0 Å². The third-order valence-corrected chi connectivity index (χ3v) is 3.25. The number of halogens is 1. The molecule has 0 bridgehead atoms. The van der Waals surface area contributed by atoms with Crippen LogP contribution in [0.5, 0.6) is 5.75 Å². The minimum atomic E-state index is -0.173. The van der Waals surface area contributed by atoms with Gasteiger partial charge in [0.05, 0.1) is 6.20 Å². The lowest BCUT2D eigenvalue weighted by molar-refractivity contribution is 0.0982. The molecule has 0 atom stereocenters. The van der Waals surface area contributed by atoms with Gasteiger partial charge in [0.15, 0.2) is 5.76 Å². The summed E-state index contributed by atoms with van der Waals surface area (Å²) in [6.07, 6.45) is 4.88. The Morgan fingerprint density at radius 2 is 1.91 bits per heavy atom. The quantitative estimate of drug-likeness (QED) is 0.461. The van der Waals surface area contributed by atoms with Gasteiger partial charge in [0.25, 0.3) is 0 Å². The molecule has 1 aromatic heterocycles. The number of aryl methyl sites for hydroxylation is 1. The van der Waals surface area contributed by atoms with Gasteiger partial charge in [-0.25, -0.2) is 0 Å². The number of hydrogen-bond donors (Lipinski definition) is 0. The Labute approximate surface area is 138 Å². The van der Waals surface area contributed by atoms with Crippen molar-refractivity contribution in [1.82, 2.24) is 9.88 Å². The third-order valence-electron chi connectivity index (χ3n) is 2.82. The van der Waals surface area contributed by atoms with Crippen LogP contribution < -0.4 is 4.74 Å². The van der Waals surface area contributed by atoms with Gasteiger partial charge in [0, 0.05) is 36.5 Å². The summed E-state index contributed by atoms with van der Waals surface area (Å²) < 4.78 is 6.52. The maximum Gasteiger partial charge on any atom is 0.229 e. The Morgan fingerprint density at radius 3 is 2.50 bits per heavy atom. The average Bonchev–Trinajstić information content (AvgIpc) is 2.46. The van der Waals surface area contributed by atoms with Gasteiger partial charge < -0.3 is 9.64 Å². The molecule has 0 amide bonds. The van der Waals surface area contributed by atoms with Crippen LogP contribution in [0.4, 0.5) is 0 Å². The lowest BCUT2D eigenvalue weighted by Gasteiger charge is -2.13. The molecule has 2 aromatic rings. The first kappa shape index (κ1) is 16.2. The van der Waals surface area contributed by atoms with E-state index in [0.717, 1.165) is 10.0 Å². The molecular weight excluding hydrogens is 344 g/mol. The predicted molar refractivity (Wildman–Crippen MR) is 89.8 cm³/mol. The number of pyridine rings is 1. The van der Waals surface area contributed by atoms with Crippen molar-refractivity contribution in [3.63, 3.8) is 0 Å². The van der Waals surface area contributed by atoms with Gasteiger partial charge in [0.2, 0.25) is 5.78 Å². The highest BCUT2D eigenvalue weighted by molar-refractivity contribution is 9.10. The van der Waals surface area contributed by atoms with Gasteiger partial charge in [-0.1, -0.05) is 29.8 Å². The van der Waals surface area contributed by atoms with Crippen LogP contribution in [0.1, 0.15) is 15.9 Å². The first-order valence-corrected chi connectivity index (χ1v) is 7.53. The molecule has 0 saturated heterocycles. The fourth-order valence-corrected chi connectivity index (χ4v) is 2.13. The number of nitrogens with zero attached hydrogens (tertiary/aromatic N) is 2. The second-order valence-corrected chi connectivity index (χ2v) is 6.01. The predicted octanol–water partition coefficient (Wildman–Crippen LogP) is 3.82. The van der Waals surface area contributed by atoms with E-state index in [-0.39, 0.29) is 11.5 Å². The van der Waals surface area contributed by atoms with Gasteiger partial charge in [-0.3, -0.25) is 9.78 Å². The maximum absolute atomic E-state index is 12.6. The lowest BCUT2D eigenvalue weighted by atomic mass is 10.1. The number of carbonyl (C=O) groups excluding carboxylic acids is 1. The van der Waals surface area contributed by atoms with Crippen LogP contribution in [0.15, 0.2) is 59.2 Å². The number of rotatable bonds is 5. The van der Waals surface area contributed by atoms with Gasteiger partial charge >= 0.3 is 0 Å². The second-order valence-electron chi connectivity index (χ2n) is 5.09. The summed E-state index contributed by atoms with van der Waals surface area (Å²) in [6.45, 7) is 1.98. The van der Waals surface area contributed by atoms with Gasteiger partial charge in [0.1, 0.15) is 5.75 Å². The molecule has 1 heterocycles. The summed E-state index contributed by atoms with van der Waals surface area (Å²) in [6, 6.07) is 9.16. The molecule has 4 nitrogen and oxygen atoms in total. The molecule has 0 aliphatic carbocycles. The van der Waals surface area contributed by atoms with Crippen molar-refractivity contribution >= 4 is 21.7 Å². The standard InChI is InChI=1S/C17H17BrN2O2/c1-12-4-6-13(7-5-12)17(21)16(11-20(2)3)22-15-8-14(18)9-19-10-15/h4-11H,1-3H3/b16-11+. The Hall–Kier alpha value is -2.14. The summed E-state index contributed by atoms with van der Waals surface area (Å²) in [5.41, 5.74) is 1.69. The van der Waals surface area contributed by atoms with Gasteiger partial charge in [-0.15, -0.1) is 0 Å². The number of benzene rings is 1. The Kier molecular flexibility index (Phi) is 5.33. The molecule has 2 rings (SSSR count). The van der Waals surface area contributed by atoms with Crippen molar-refractivity contribution in [1.29, 1.82) is 0 Å². The number of allylic oxidation sites excluding steroid dienone is 1. The summed E-state index contributed by atoms with van der Waals surface area (Å²) in [5, 5.41) is 0. The fourth-order valence-electron chi connectivity index (χ4n) is 1.79. The van der Waals surface area contributed by atoms with E-state index in [4.69, 9.17) is 4.74 Å². The molecule has 0 saturated carbocycles. The van der Waals surface area contributed by atoms with E-state index < -0.39 is 0 Å². The minimum Gasteiger partial charge on any atom is -0.450 e. The van der Waals surface area contributed by atoms with Crippen molar-refractivity contribution in [3.8, 4) is 5.75 Å². The highest BCUT2D eigenvalue weighted by Crippen LogP contribution is 2.20. The first-order valence-electron chi connectivity index (χ1n) is 6.74. The zero-order valence-electron chi connectivity index (χ0n) is 12.7. The third kappa shape index (κ3) is 4.43. The van der Waals surface area contributed by atoms with E-state index in [2.05, 4.69) is 20.9 Å². The summed E-state index contributed by atoms with van der Waals surface area (Å²) in [5.74, 6) is 0.574. The van der Waals surface area contributed by atoms with Crippen LogP contribution in [-0.4, -0.2) is 29.8 Å². The largest absolute Gasteiger partial charge is 0.450 e. The van der Waals surface area contributed by atoms with Crippen LogP contribution in [0, 0.1) is 6.92 Å². The van der Waals surface area contributed by atoms with Crippen LogP contribution in [0.3, 0.4) is 0 Å². The van der Waals surface area contributed by atoms with E-state index in [0.29, 0.717) is 11.3 Å². The molecule has 0 aliphatic rings. The Balaban J connectivity index is 2.30. The van der Waals surface area contributed by atoms with E-state index >= 15 is 0 Å². The molecular formula is C17H17BrN2O2. The van der Waals surface area contributed by atoms with Crippen LogP contribution >= 0.6 is 15.9 Å². The number of ether oxygens (including phenoxy) is 1. The number of carbonyl (C=O) groups is 1. The van der Waals surface area contributed by atoms with Gasteiger partial charge in [-0.05, 0) is 28.9 Å². The van der Waals surface area contributed by atoms with Crippen molar-refractivity contribution in [2.45, 2.75) is 6.92 Å². The normalized spacial score (nSPS) is 11.2. The molecule has 0 N–H and O–H groups in total. The van der Waals surface area contributed by atoms with Crippen molar-refractivity contribution in [2.75, 3.05) is 14.1 Å². The lowest BCUT2D eigenvalue weighted by Crippen LogP contribution is -2.14. The van der Waals surface area contributed by atoms with Crippen molar-refractivity contribution in [2.24, 2.45) is 0 Å². The fraction of sp³-hybridized carbons (Fsp3) is 0.176. The molecule has 5 heteroatoms. The average molecular weight is 361 g/mol. The Morgan fingerprint density at radius 1 is 1.23 bits per heavy atom. The first-order chi connectivity index (χ1) is 10.5. The van der Waals surface area contributed by atoms with E-state index in [1.165, 1.54) is 0 Å². The van der Waals surface area contributed by atoms with E-state index in [9.17, 15) is 4.79 Å². The number of hydrogen-bond acceptors (Lipinski definition) is 4. The molecule has 0 aliphatic heterocycles. The second kappa shape index (κ2) is 7.22. The van der Waals surface area contributed by atoms with Crippen molar-refractivity contribution < 1.29 is 9.53 Å². The Bertz CT molecular complexity index is 694. The monoisotopic (exact) mass is 360 g/mol. The number of Topliss-reactive ketones (excluding diaryl/α,β-unsaturated/α-hetero) is 1. The molecule has 0 spiro atoms. The van der Waals surface area contributed by atoms with Crippen LogP contribution in [0.2, 0.25) is 0 Å². The molecule has 0 fully saturated rings. The van der Waals surface area contributed by atoms with Crippen molar-refractivity contribution in [3.05, 3.63) is 70.3 Å². The highest BCUT2D eigenvalue weighted by atomic mass is 79.9. The smallest absolute Gasteiger partial charge is 0.229 e. The summed E-state index contributed by atoms with van der Waals surface area (Å²) in [4.78, 5) is 18.4. The zero-order valence-corrected chi connectivity index (χ0v) is 14.3. The summed E-state index contributed by atoms with van der Waals surface area (Å²) in [7, 11) is 3.68. The molecule has 0 radical (unpaired) electrons. The number of ketones is 1. The highest BCUT2D eigenvalue weighted by Gasteiger charge is 2.15.